The maximum Gasteiger partial charge on any atom is 0.0362 e. The molecule has 2 unspecified atom stereocenters. The van der Waals surface area contributed by atoms with Gasteiger partial charge in [-0.1, -0.05) is 0 Å². The van der Waals surface area contributed by atoms with Crippen LogP contribution in [0.25, 0.3) is 0 Å². The zero-order chi connectivity index (χ0) is 11.7. The summed E-state index contributed by atoms with van der Waals surface area (Å²) in [6.07, 6.45) is 6.80. The van der Waals surface area contributed by atoms with E-state index in [0.29, 0.717) is 6.04 Å². The molecule has 0 saturated carbocycles. The van der Waals surface area contributed by atoms with Gasteiger partial charge in [0.05, 0.1) is 0 Å². The highest BCUT2D eigenvalue weighted by Crippen LogP contribution is 2.40. The molecule has 2 nitrogen and oxygen atoms in total. The van der Waals surface area contributed by atoms with Crippen molar-refractivity contribution in [3.8, 4) is 0 Å². The van der Waals surface area contributed by atoms with Gasteiger partial charge in [-0.15, -0.1) is 11.3 Å². The van der Waals surface area contributed by atoms with Crippen LogP contribution in [0.15, 0.2) is 11.4 Å². The smallest absolute Gasteiger partial charge is 0.0362 e. The minimum absolute atomic E-state index is 0.714. The van der Waals surface area contributed by atoms with Gasteiger partial charge < -0.3 is 5.32 Å². The van der Waals surface area contributed by atoms with Crippen LogP contribution in [0.2, 0.25) is 0 Å². The summed E-state index contributed by atoms with van der Waals surface area (Å²) in [4.78, 5) is 4.41. The molecule has 17 heavy (non-hydrogen) atoms. The van der Waals surface area contributed by atoms with Crippen LogP contribution in [0, 0.1) is 0 Å². The molecule has 1 N–H and O–H groups in total. The van der Waals surface area contributed by atoms with E-state index in [1.54, 1.807) is 10.4 Å². The molecule has 3 heteroatoms. The first-order valence-corrected chi connectivity index (χ1v) is 7.74. The predicted molar refractivity (Wildman–Crippen MR) is 73.7 cm³/mol. The largest absolute Gasteiger partial charge is 0.318 e. The van der Waals surface area contributed by atoms with Crippen molar-refractivity contribution in [3.63, 3.8) is 0 Å². The lowest BCUT2D eigenvalue weighted by Crippen LogP contribution is -2.40. The van der Waals surface area contributed by atoms with E-state index in [1.165, 1.54) is 38.6 Å². The minimum Gasteiger partial charge on any atom is -0.318 e. The van der Waals surface area contributed by atoms with Gasteiger partial charge in [-0.25, -0.2) is 0 Å². The second-order valence-corrected chi connectivity index (χ2v) is 6.30. The number of likely N-dealkylation sites (N-methyl/N-ethyl adjacent to an activating group) is 1. The molecule has 0 bridgehead atoms. The van der Waals surface area contributed by atoms with Crippen molar-refractivity contribution in [1.82, 2.24) is 10.2 Å². The van der Waals surface area contributed by atoms with E-state index in [4.69, 9.17) is 0 Å². The lowest BCUT2D eigenvalue weighted by Gasteiger charge is -2.35. The summed E-state index contributed by atoms with van der Waals surface area (Å²) in [5, 5.41) is 5.64. The van der Waals surface area contributed by atoms with E-state index in [2.05, 4.69) is 28.7 Å². The van der Waals surface area contributed by atoms with Crippen molar-refractivity contribution in [2.75, 3.05) is 20.1 Å². The standard InChI is InChI=1S/C14H22N2S/c1-15-10-11-4-3-8-16(11)13-5-2-6-14-12(13)7-9-17-14/h7,9,11,13,15H,2-6,8,10H2,1H3. The summed E-state index contributed by atoms with van der Waals surface area (Å²) in [5.41, 5.74) is 1.64. The van der Waals surface area contributed by atoms with Crippen LogP contribution in [-0.2, 0) is 6.42 Å². The van der Waals surface area contributed by atoms with E-state index in [0.717, 1.165) is 12.6 Å². The maximum atomic E-state index is 3.36. The lowest BCUT2D eigenvalue weighted by atomic mass is 9.92. The molecular formula is C14H22N2S. The molecule has 1 saturated heterocycles. The topological polar surface area (TPSA) is 15.3 Å². The summed E-state index contributed by atoms with van der Waals surface area (Å²) in [6.45, 7) is 2.45. The Morgan fingerprint density at radius 2 is 2.35 bits per heavy atom. The fraction of sp³-hybridized carbons (Fsp3) is 0.714. The molecule has 1 aliphatic heterocycles. The third-order valence-corrected chi connectivity index (χ3v) is 5.28. The average molecular weight is 250 g/mol. The molecule has 94 valence electrons. The number of rotatable bonds is 3. The van der Waals surface area contributed by atoms with Crippen LogP contribution < -0.4 is 5.32 Å². The SMILES string of the molecule is CNCC1CCCN1C1CCCc2sccc21. The molecule has 1 fully saturated rings. The molecule has 0 radical (unpaired) electrons. The number of nitrogens with zero attached hydrogens (tertiary/aromatic N) is 1. The number of aryl methyl sites for hydroxylation is 1. The Kier molecular flexibility index (Phi) is 3.50. The molecule has 2 aliphatic rings. The van der Waals surface area contributed by atoms with Gasteiger partial charge in [0.2, 0.25) is 0 Å². The molecule has 2 atom stereocenters. The zero-order valence-electron chi connectivity index (χ0n) is 10.6. The third-order valence-electron chi connectivity index (χ3n) is 4.28. The molecule has 0 aromatic carbocycles. The minimum atomic E-state index is 0.714. The first-order valence-electron chi connectivity index (χ1n) is 6.86. The number of fused-ring (bicyclic) bond motifs is 1. The Bertz CT molecular complexity index is 374. The fourth-order valence-electron chi connectivity index (χ4n) is 3.53. The Morgan fingerprint density at radius 1 is 1.41 bits per heavy atom. The highest BCUT2D eigenvalue weighted by molar-refractivity contribution is 7.10. The Labute approximate surface area is 108 Å². The zero-order valence-corrected chi connectivity index (χ0v) is 11.4. The Morgan fingerprint density at radius 3 is 3.24 bits per heavy atom. The lowest BCUT2D eigenvalue weighted by molar-refractivity contribution is 0.162. The number of likely N-dealkylation sites (tertiary alicyclic amines) is 1. The van der Waals surface area contributed by atoms with Crippen LogP contribution in [0.4, 0.5) is 0 Å². The van der Waals surface area contributed by atoms with E-state index in [1.807, 2.05) is 11.3 Å². The highest BCUT2D eigenvalue weighted by atomic mass is 32.1. The van der Waals surface area contributed by atoms with Crippen LogP contribution in [-0.4, -0.2) is 31.1 Å². The van der Waals surface area contributed by atoms with E-state index in [9.17, 15) is 0 Å². The Hall–Kier alpha value is -0.380. The van der Waals surface area contributed by atoms with Gasteiger partial charge in [0.25, 0.3) is 0 Å². The van der Waals surface area contributed by atoms with Gasteiger partial charge in [-0.3, -0.25) is 4.90 Å². The summed E-state index contributed by atoms with van der Waals surface area (Å²) in [7, 11) is 2.08. The predicted octanol–water partition coefficient (Wildman–Crippen LogP) is 2.81. The molecule has 0 spiro atoms. The van der Waals surface area contributed by atoms with Crippen molar-refractivity contribution in [3.05, 3.63) is 21.9 Å². The molecule has 1 aromatic heterocycles. The van der Waals surface area contributed by atoms with Gasteiger partial charge in [0.1, 0.15) is 0 Å². The van der Waals surface area contributed by atoms with Crippen molar-refractivity contribution < 1.29 is 0 Å². The molecule has 1 aliphatic carbocycles. The molecule has 0 amide bonds. The highest BCUT2D eigenvalue weighted by Gasteiger charge is 2.33. The number of hydrogen-bond acceptors (Lipinski definition) is 3. The molecule has 3 rings (SSSR count). The fourth-order valence-corrected chi connectivity index (χ4v) is 4.51. The normalized spacial score (nSPS) is 29.5. The second-order valence-electron chi connectivity index (χ2n) is 5.30. The summed E-state index contributed by atoms with van der Waals surface area (Å²) < 4.78 is 0. The number of thiophene rings is 1. The van der Waals surface area contributed by atoms with Gasteiger partial charge in [0.15, 0.2) is 0 Å². The molecule has 2 heterocycles. The van der Waals surface area contributed by atoms with Crippen molar-refractivity contribution in [1.29, 1.82) is 0 Å². The summed E-state index contributed by atoms with van der Waals surface area (Å²) in [5.74, 6) is 0. The molecule has 1 aromatic rings. The second kappa shape index (κ2) is 5.09. The average Bonchev–Trinajstić information content (AvgIpc) is 2.96. The number of hydrogen-bond donors (Lipinski definition) is 1. The van der Waals surface area contributed by atoms with Crippen LogP contribution in [0.5, 0.6) is 0 Å². The van der Waals surface area contributed by atoms with E-state index in [-0.39, 0.29) is 0 Å². The molecular weight excluding hydrogens is 228 g/mol. The van der Waals surface area contributed by atoms with Crippen molar-refractivity contribution in [2.45, 2.75) is 44.2 Å². The quantitative estimate of drug-likeness (QED) is 0.887. The van der Waals surface area contributed by atoms with Crippen molar-refractivity contribution in [2.24, 2.45) is 0 Å². The monoisotopic (exact) mass is 250 g/mol. The van der Waals surface area contributed by atoms with E-state index < -0.39 is 0 Å². The summed E-state index contributed by atoms with van der Waals surface area (Å²) >= 11 is 1.96. The van der Waals surface area contributed by atoms with Gasteiger partial charge in [-0.2, -0.15) is 0 Å². The van der Waals surface area contributed by atoms with Crippen LogP contribution in [0.3, 0.4) is 0 Å². The first kappa shape index (κ1) is 11.7. The van der Waals surface area contributed by atoms with Gasteiger partial charge in [-0.05, 0) is 62.7 Å². The first-order chi connectivity index (χ1) is 8.40. The van der Waals surface area contributed by atoms with Crippen LogP contribution >= 0.6 is 11.3 Å². The maximum absolute atomic E-state index is 3.36. The van der Waals surface area contributed by atoms with Gasteiger partial charge >= 0.3 is 0 Å². The van der Waals surface area contributed by atoms with E-state index >= 15 is 0 Å². The third kappa shape index (κ3) is 2.16. The number of nitrogens with one attached hydrogen (secondary N) is 1. The Balaban J connectivity index is 1.81. The summed E-state index contributed by atoms with van der Waals surface area (Å²) in [6, 6.07) is 3.85. The van der Waals surface area contributed by atoms with Gasteiger partial charge in [0, 0.05) is 23.5 Å². The van der Waals surface area contributed by atoms with Crippen molar-refractivity contribution >= 4 is 11.3 Å². The van der Waals surface area contributed by atoms with Crippen LogP contribution in [0.1, 0.15) is 42.2 Å².